The van der Waals surface area contributed by atoms with E-state index < -0.39 is 12.3 Å². The Morgan fingerprint density at radius 2 is 1.56 bits per heavy atom. The van der Waals surface area contributed by atoms with Gasteiger partial charge in [0.25, 0.3) is 11.9 Å². The summed E-state index contributed by atoms with van der Waals surface area (Å²) in [6.45, 7) is 0.312. The predicted octanol–water partition coefficient (Wildman–Crippen LogP) is 5.35. The van der Waals surface area contributed by atoms with E-state index in [-0.39, 0.29) is 23.8 Å². The van der Waals surface area contributed by atoms with Crippen LogP contribution in [0.3, 0.4) is 0 Å². The average Bonchev–Trinajstić information content (AvgIpc) is 3.64. The average molecular weight is 544 g/mol. The van der Waals surface area contributed by atoms with Crippen molar-refractivity contribution in [3.8, 4) is 5.75 Å². The molecule has 10 nitrogen and oxygen atoms in total. The van der Waals surface area contributed by atoms with E-state index in [4.69, 9.17) is 0 Å². The van der Waals surface area contributed by atoms with Crippen molar-refractivity contribution in [1.29, 1.82) is 0 Å². The van der Waals surface area contributed by atoms with E-state index in [2.05, 4.69) is 36.0 Å². The molecule has 0 atom stereocenters. The number of tetrazole rings is 1. The molecule has 1 heterocycles. The lowest BCUT2D eigenvalue weighted by molar-refractivity contribution is -0.274. The van der Waals surface area contributed by atoms with Gasteiger partial charge in [-0.25, -0.2) is 4.79 Å². The fourth-order valence-electron chi connectivity index (χ4n) is 5.10. The first-order chi connectivity index (χ1) is 18.7. The summed E-state index contributed by atoms with van der Waals surface area (Å²) in [6, 6.07) is 11.6. The van der Waals surface area contributed by atoms with E-state index in [1.807, 2.05) is 0 Å². The summed E-state index contributed by atoms with van der Waals surface area (Å²) in [7, 11) is 0. The molecule has 206 valence electrons. The number of anilines is 2. The zero-order valence-corrected chi connectivity index (χ0v) is 20.9. The lowest BCUT2D eigenvalue weighted by atomic mass is 9.82. The molecule has 0 radical (unpaired) electrons. The maximum Gasteiger partial charge on any atom is 0.573 e. The Labute approximate surface area is 222 Å². The summed E-state index contributed by atoms with van der Waals surface area (Å²) in [4.78, 5) is 27.6. The summed E-state index contributed by atoms with van der Waals surface area (Å²) in [6.07, 6.45) is 1.70. The highest BCUT2D eigenvalue weighted by atomic mass is 19.4. The molecular weight excluding hydrogens is 515 g/mol. The smallest absolute Gasteiger partial charge is 0.406 e. The van der Waals surface area contributed by atoms with Gasteiger partial charge in [0.05, 0.1) is 0 Å². The van der Waals surface area contributed by atoms with Crippen molar-refractivity contribution in [1.82, 2.24) is 25.5 Å². The Morgan fingerprint density at radius 3 is 2.13 bits per heavy atom. The van der Waals surface area contributed by atoms with Crippen LogP contribution >= 0.6 is 0 Å². The van der Waals surface area contributed by atoms with Crippen LogP contribution in [0.4, 0.5) is 29.6 Å². The molecule has 2 aromatic carbocycles. The molecule has 3 aromatic rings. The molecular formula is C26H28F3N7O3. The van der Waals surface area contributed by atoms with E-state index in [0.29, 0.717) is 23.7 Å². The van der Waals surface area contributed by atoms with Gasteiger partial charge in [0.2, 0.25) is 0 Å². The molecule has 13 heteroatoms. The van der Waals surface area contributed by atoms with Crippen LogP contribution in [0.15, 0.2) is 48.5 Å². The molecule has 5 rings (SSSR count). The normalized spacial score (nSPS) is 19.3. The van der Waals surface area contributed by atoms with Gasteiger partial charge in [0.1, 0.15) is 5.75 Å². The van der Waals surface area contributed by atoms with E-state index in [1.165, 1.54) is 25.0 Å². The molecule has 0 saturated heterocycles. The number of hydrogen-bond donors (Lipinski definition) is 3. The second-order valence-corrected chi connectivity index (χ2v) is 9.92. The summed E-state index contributed by atoms with van der Waals surface area (Å²) in [5.74, 6) is 0.834. The van der Waals surface area contributed by atoms with Crippen molar-refractivity contribution in [3.05, 3.63) is 59.7 Å². The quantitative estimate of drug-likeness (QED) is 0.352. The number of urea groups is 1. The van der Waals surface area contributed by atoms with Crippen LogP contribution in [0.2, 0.25) is 0 Å². The number of alkyl halides is 3. The molecule has 0 bridgehead atoms. The van der Waals surface area contributed by atoms with Gasteiger partial charge in [0.15, 0.2) is 0 Å². The van der Waals surface area contributed by atoms with Crippen molar-refractivity contribution < 1.29 is 27.5 Å². The largest absolute Gasteiger partial charge is 0.573 e. The van der Waals surface area contributed by atoms with E-state index in [1.54, 1.807) is 29.2 Å². The van der Waals surface area contributed by atoms with Crippen LogP contribution in [-0.4, -0.2) is 49.9 Å². The van der Waals surface area contributed by atoms with Gasteiger partial charge in [-0.2, -0.15) is 5.21 Å². The number of benzene rings is 2. The number of nitrogens with one attached hydrogen (secondary N) is 3. The summed E-state index contributed by atoms with van der Waals surface area (Å²) >= 11 is 0. The SMILES string of the molecule is O=C(Nc1nn[nH]n1)c1ccc(CN(C(=O)Nc2ccc(OC(F)(F)F)cc2)C2CCC(C3CC3)CC2)cc1. The minimum atomic E-state index is -4.79. The van der Waals surface area contributed by atoms with Crippen LogP contribution in [0, 0.1) is 11.8 Å². The second kappa shape index (κ2) is 11.3. The van der Waals surface area contributed by atoms with Gasteiger partial charge in [-0.15, -0.1) is 18.3 Å². The minimum absolute atomic E-state index is 0.0223. The Morgan fingerprint density at radius 1 is 0.923 bits per heavy atom. The summed E-state index contributed by atoms with van der Waals surface area (Å²) in [5, 5.41) is 18.4. The Kier molecular flexibility index (Phi) is 7.66. The molecule has 1 aromatic heterocycles. The van der Waals surface area contributed by atoms with Gasteiger partial charge in [-0.3, -0.25) is 10.1 Å². The zero-order valence-electron chi connectivity index (χ0n) is 20.9. The lowest BCUT2D eigenvalue weighted by Gasteiger charge is -2.37. The number of carbonyl (C=O) groups is 2. The Hall–Kier alpha value is -4.16. The van der Waals surface area contributed by atoms with E-state index in [0.717, 1.165) is 49.3 Å². The maximum absolute atomic E-state index is 13.4. The van der Waals surface area contributed by atoms with Crippen LogP contribution in [-0.2, 0) is 6.54 Å². The predicted molar refractivity (Wildman–Crippen MR) is 135 cm³/mol. The first-order valence-corrected chi connectivity index (χ1v) is 12.8. The van der Waals surface area contributed by atoms with E-state index in [9.17, 15) is 22.8 Å². The van der Waals surface area contributed by atoms with Gasteiger partial charge in [-0.05, 0) is 97.5 Å². The van der Waals surface area contributed by atoms with Gasteiger partial charge >= 0.3 is 12.4 Å². The standard InChI is InChI=1S/C26H28F3N7O3/c27-26(28,29)39-22-13-9-20(10-14-22)30-25(38)36(21-11-7-18(8-12-21)17-5-6-17)15-16-1-3-19(4-2-16)23(37)31-24-32-34-35-33-24/h1-4,9-10,13-14,17-18,21H,5-8,11-12,15H2,(H,30,38)(H2,31,32,33,34,35,37). The van der Waals surface area contributed by atoms with Crippen molar-refractivity contribution >= 4 is 23.6 Å². The summed E-state index contributed by atoms with van der Waals surface area (Å²) < 4.78 is 41.3. The van der Waals surface area contributed by atoms with Gasteiger partial charge in [0, 0.05) is 23.8 Å². The van der Waals surface area contributed by atoms with E-state index >= 15 is 0 Å². The number of rotatable bonds is 8. The highest BCUT2D eigenvalue weighted by Crippen LogP contribution is 2.44. The number of aromatic nitrogens is 4. The molecule has 3 N–H and O–H groups in total. The third kappa shape index (κ3) is 7.24. The molecule has 2 saturated carbocycles. The number of hydrogen-bond acceptors (Lipinski definition) is 6. The van der Waals surface area contributed by atoms with Crippen molar-refractivity contribution in [2.75, 3.05) is 10.6 Å². The number of H-pyrrole nitrogens is 1. The van der Waals surface area contributed by atoms with Crippen LogP contribution < -0.4 is 15.4 Å². The van der Waals surface area contributed by atoms with Crippen molar-refractivity contribution in [2.24, 2.45) is 11.8 Å². The maximum atomic E-state index is 13.4. The second-order valence-electron chi connectivity index (χ2n) is 9.92. The molecule has 39 heavy (non-hydrogen) atoms. The minimum Gasteiger partial charge on any atom is -0.406 e. The number of amides is 3. The highest BCUT2D eigenvalue weighted by Gasteiger charge is 2.36. The highest BCUT2D eigenvalue weighted by molar-refractivity contribution is 6.03. The molecule has 3 amide bonds. The van der Waals surface area contributed by atoms with Gasteiger partial charge in [-0.1, -0.05) is 17.2 Å². The Balaban J connectivity index is 1.26. The molecule has 2 aliphatic rings. The third-order valence-electron chi connectivity index (χ3n) is 7.21. The first-order valence-electron chi connectivity index (χ1n) is 12.8. The Bertz CT molecular complexity index is 1260. The number of nitrogens with zero attached hydrogens (tertiary/aromatic N) is 4. The van der Waals surface area contributed by atoms with Crippen LogP contribution in [0.25, 0.3) is 0 Å². The van der Waals surface area contributed by atoms with Gasteiger partial charge < -0.3 is 15.0 Å². The van der Waals surface area contributed by atoms with Crippen molar-refractivity contribution in [3.63, 3.8) is 0 Å². The summed E-state index contributed by atoms with van der Waals surface area (Å²) in [5.41, 5.74) is 1.59. The third-order valence-corrected chi connectivity index (χ3v) is 7.21. The molecule has 0 unspecified atom stereocenters. The number of aromatic amines is 1. The molecule has 2 fully saturated rings. The lowest BCUT2D eigenvalue weighted by Crippen LogP contribution is -2.44. The first kappa shape index (κ1) is 26.4. The van der Waals surface area contributed by atoms with Crippen LogP contribution in [0.1, 0.15) is 54.4 Å². The van der Waals surface area contributed by atoms with Crippen molar-refractivity contribution in [2.45, 2.75) is 57.5 Å². The number of carbonyl (C=O) groups excluding carboxylic acids is 2. The fourth-order valence-corrected chi connectivity index (χ4v) is 5.10. The monoisotopic (exact) mass is 543 g/mol. The topological polar surface area (TPSA) is 125 Å². The molecule has 0 aliphatic heterocycles. The molecule has 0 spiro atoms. The fraction of sp³-hybridized carbons (Fsp3) is 0.423. The van der Waals surface area contributed by atoms with Crippen LogP contribution in [0.5, 0.6) is 5.75 Å². The number of ether oxygens (including phenoxy) is 1. The number of halogens is 3. The molecule has 2 aliphatic carbocycles. The zero-order chi connectivity index (χ0) is 27.4.